The van der Waals surface area contributed by atoms with E-state index >= 15 is 0 Å². The second kappa shape index (κ2) is 11.2. The normalized spacial score (nSPS) is 16.4. The molecule has 0 spiro atoms. The monoisotopic (exact) mass is 414 g/mol. The van der Waals surface area contributed by atoms with E-state index in [4.69, 9.17) is 9.47 Å². The molecule has 156 valence electrons. The Labute approximate surface area is 178 Å². The first kappa shape index (κ1) is 21.7. The lowest BCUT2D eigenvalue weighted by Gasteiger charge is -2.28. The Morgan fingerprint density at radius 1 is 1.14 bits per heavy atom. The van der Waals surface area contributed by atoms with Crippen LogP contribution in [0.3, 0.4) is 0 Å². The zero-order valence-corrected chi connectivity index (χ0v) is 18.1. The van der Waals surface area contributed by atoms with Crippen LogP contribution in [-0.4, -0.2) is 61.9 Å². The van der Waals surface area contributed by atoms with E-state index in [1.54, 1.807) is 14.2 Å². The first-order valence-corrected chi connectivity index (χ1v) is 11.1. The lowest BCUT2D eigenvalue weighted by Crippen LogP contribution is -2.40. The minimum atomic E-state index is 0.0750. The van der Waals surface area contributed by atoms with Gasteiger partial charge in [0, 0.05) is 39.1 Å². The van der Waals surface area contributed by atoms with Gasteiger partial charge in [-0.3, -0.25) is 9.69 Å². The summed E-state index contributed by atoms with van der Waals surface area (Å²) in [6.45, 7) is 3.52. The van der Waals surface area contributed by atoms with Gasteiger partial charge in [-0.05, 0) is 29.7 Å². The van der Waals surface area contributed by atoms with Gasteiger partial charge in [-0.1, -0.05) is 42.5 Å². The van der Waals surface area contributed by atoms with E-state index in [0.29, 0.717) is 13.2 Å². The summed E-state index contributed by atoms with van der Waals surface area (Å²) >= 11 is 1.82. The highest BCUT2D eigenvalue weighted by molar-refractivity contribution is 7.99. The molecule has 0 unspecified atom stereocenters. The molecule has 1 atom stereocenters. The number of amides is 1. The Morgan fingerprint density at radius 2 is 1.90 bits per heavy atom. The van der Waals surface area contributed by atoms with E-state index in [1.165, 1.54) is 5.56 Å². The minimum absolute atomic E-state index is 0.0750. The summed E-state index contributed by atoms with van der Waals surface area (Å²) in [6.07, 6.45) is 0.910. The molecule has 3 rings (SSSR count). The van der Waals surface area contributed by atoms with Crippen molar-refractivity contribution < 1.29 is 14.3 Å². The van der Waals surface area contributed by atoms with E-state index in [1.807, 2.05) is 47.0 Å². The molecular formula is C23H30N2O3S. The summed E-state index contributed by atoms with van der Waals surface area (Å²) in [5.74, 6) is 1.98. The fourth-order valence-electron chi connectivity index (χ4n) is 3.54. The Balaban J connectivity index is 1.66. The van der Waals surface area contributed by atoms with Gasteiger partial charge in [0.15, 0.2) is 0 Å². The summed E-state index contributed by atoms with van der Waals surface area (Å²) in [6, 6.07) is 18.4. The molecule has 0 N–H and O–H groups in total. The Bertz CT molecular complexity index is 754. The van der Waals surface area contributed by atoms with Crippen molar-refractivity contribution in [3.63, 3.8) is 0 Å². The van der Waals surface area contributed by atoms with E-state index in [-0.39, 0.29) is 11.3 Å². The fraction of sp³-hybridized carbons (Fsp3) is 0.435. The van der Waals surface area contributed by atoms with Crippen molar-refractivity contribution >= 4 is 17.7 Å². The zero-order chi connectivity index (χ0) is 20.5. The SMILES string of the molecule is COCCCN(CC(=O)N1CCS[C@@H]1c1ccc(OC)cc1)Cc1ccccc1. The molecule has 5 nitrogen and oxygen atoms in total. The fourth-order valence-corrected chi connectivity index (χ4v) is 4.82. The number of hydrogen-bond acceptors (Lipinski definition) is 5. The molecule has 0 aromatic heterocycles. The number of hydrogen-bond donors (Lipinski definition) is 0. The summed E-state index contributed by atoms with van der Waals surface area (Å²) in [7, 11) is 3.38. The van der Waals surface area contributed by atoms with Gasteiger partial charge in [-0.15, -0.1) is 11.8 Å². The molecule has 0 saturated carbocycles. The maximum Gasteiger partial charge on any atom is 0.237 e. The number of nitrogens with zero attached hydrogens (tertiary/aromatic N) is 2. The van der Waals surface area contributed by atoms with E-state index < -0.39 is 0 Å². The quantitative estimate of drug-likeness (QED) is 0.553. The van der Waals surface area contributed by atoms with Crippen LogP contribution in [0.4, 0.5) is 0 Å². The molecule has 2 aromatic rings. The van der Waals surface area contributed by atoms with E-state index in [0.717, 1.165) is 43.1 Å². The number of carbonyl (C=O) groups is 1. The van der Waals surface area contributed by atoms with Crippen LogP contribution in [0.25, 0.3) is 0 Å². The number of rotatable bonds is 10. The van der Waals surface area contributed by atoms with Crippen LogP contribution >= 0.6 is 11.8 Å². The van der Waals surface area contributed by atoms with Gasteiger partial charge in [0.2, 0.25) is 5.91 Å². The predicted octanol–water partition coefficient (Wildman–Crippen LogP) is 3.81. The third kappa shape index (κ3) is 6.23. The van der Waals surface area contributed by atoms with Gasteiger partial charge in [0.1, 0.15) is 11.1 Å². The Kier molecular flexibility index (Phi) is 8.40. The molecule has 0 radical (unpaired) electrons. The maximum atomic E-state index is 13.2. The molecule has 1 heterocycles. The Morgan fingerprint density at radius 3 is 2.59 bits per heavy atom. The summed E-state index contributed by atoms with van der Waals surface area (Å²) in [5.41, 5.74) is 2.37. The Hall–Kier alpha value is -2.02. The largest absolute Gasteiger partial charge is 0.497 e. The highest BCUT2D eigenvalue weighted by atomic mass is 32.2. The highest BCUT2D eigenvalue weighted by Crippen LogP contribution is 2.38. The molecular weight excluding hydrogens is 384 g/mol. The van der Waals surface area contributed by atoms with Crippen molar-refractivity contribution in [3.05, 3.63) is 65.7 Å². The number of thioether (sulfide) groups is 1. The van der Waals surface area contributed by atoms with E-state index in [2.05, 4.69) is 29.2 Å². The van der Waals surface area contributed by atoms with E-state index in [9.17, 15) is 4.79 Å². The molecule has 1 amide bonds. The third-order valence-electron chi connectivity index (χ3n) is 5.04. The van der Waals surface area contributed by atoms with Crippen molar-refractivity contribution in [3.8, 4) is 5.75 Å². The lowest BCUT2D eigenvalue weighted by atomic mass is 10.2. The van der Waals surface area contributed by atoms with Gasteiger partial charge < -0.3 is 14.4 Å². The van der Waals surface area contributed by atoms with Gasteiger partial charge in [0.05, 0.1) is 13.7 Å². The summed E-state index contributed by atoms with van der Waals surface area (Å²) in [4.78, 5) is 17.4. The topological polar surface area (TPSA) is 42.0 Å². The molecule has 1 aliphatic heterocycles. The van der Waals surface area contributed by atoms with Crippen molar-refractivity contribution in [1.82, 2.24) is 9.80 Å². The van der Waals surface area contributed by atoms with Gasteiger partial charge in [-0.2, -0.15) is 0 Å². The number of benzene rings is 2. The number of ether oxygens (including phenoxy) is 2. The number of methoxy groups -OCH3 is 2. The molecule has 1 fully saturated rings. The molecule has 6 heteroatoms. The van der Waals surface area contributed by atoms with Gasteiger partial charge in [-0.25, -0.2) is 0 Å². The number of carbonyl (C=O) groups excluding carboxylic acids is 1. The van der Waals surface area contributed by atoms with Crippen LogP contribution in [0, 0.1) is 0 Å². The van der Waals surface area contributed by atoms with Crippen LogP contribution in [0.5, 0.6) is 5.75 Å². The molecule has 0 bridgehead atoms. The van der Waals surface area contributed by atoms with Crippen LogP contribution in [0.2, 0.25) is 0 Å². The molecule has 0 aliphatic carbocycles. The minimum Gasteiger partial charge on any atom is -0.497 e. The van der Waals surface area contributed by atoms with Crippen LogP contribution in [0.1, 0.15) is 22.9 Å². The highest BCUT2D eigenvalue weighted by Gasteiger charge is 2.31. The standard InChI is InChI=1S/C23H30N2O3S/c1-27-15-6-13-24(17-19-7-4-3-5-8-19)18-22(26)25-14-16-29-23(25)20-9-11-21(28-2)12-10-20/h3-5,7-12,23H,6,13-18H2,1-2H3/t23-/m1/s1. The first-order valence-electron chi connectivity index (χ1n) is 10.0. The van der Waals surface area contributed by atoms with Crippen molar-refractivity contribution in [1.29, 1.82) is 0 Å². The molecule has 29 heavy (non-hydrogen) atoms. The molecule has 1 saturated heterocycles. The lowest BCUT2D eigenvalue weighted by molar-refractivity contribution is -0.132. The molecule has 2 aromatic carbocycles. The second-order valence-electron chi connectivity index (χ2n) is 7.13. The van der Waals surface area contributed by atoms with Crippen LogP contribution in [-0.2, 0) is 16.1 Å². The van der Waals surface area contributed by atoms with Crippen LogP contribution in [0.15, 0.2) is 54.6 Å². The van der Waals surface area contributed by atoms with Crippen LogP contribution < -0.4 is 4.74 Å². The third-order valence-corrected chi connectivity index (χ3v) is 6.30. The van der Waals surface area contributed by atoms with Crippen molar-refractivity contribution in [2.75, 3.05) is 46.2 Å². The molecule has 1 aliphatic rings. The van der Waals surface area contributed by atoms with Crippen molar-refractivity contribution in [2.24, 2.45) is 0 Å². The second-order valence-corrected chi connectivity index (χ2v) is 8.31. The smallest absolute Gasteiger partial charge is 0.237 e. The summed E-state index contributed by atoms with van der Waals surface area (Å²) in [5, 5.41) is 0.0750. The zero-order valence-electron chi connectivity index (χ0n) is 17.3. The summed E-state index contributed by atoms with van der Waals surface area (Å²) < 4.78 is 10.5. The van der Waals surface area contributed by atoms with Gasteiger partial charge in [0.25, 0.3) is 0 Å². The van der Waals surface area contributed by atoms with Crippen molar-refractivity contribution in [2.45, 2.75) is 18.3 Å². The average Bonchev–Trinajstić information content (AvgIpc) is 3.25. The average molecular weight is 415 g/mol. The maximum absolute atomic E-state index is 13.2. The van der Waals surface area contributed by atoms with Gasteiger partial charge >= 0.3 is 0 Å². The first-order chi connectivity index (χ1) is 14.2. The predicted molar refractivity (Wildman–Crippen MR) is 118 cm³/mol.